The highest BCUT2D eigenvalue weighted by atomic mass is 79.9. The van der Waals surface area contributed by atoms with Crippen LogP contribution in [0.15, 0.2) is 62.3 Å². The number of carbonyl (C=O) groups is 8. The van der Waals surface area contributed by atoms with Gasteiger partial charge in [-0.15, -0.1) is 0 Å². The van der Waals surface area contributed by atoms with Gasteiger partial charge in [-0.25, -0.2) is 39.1 Å². The second kappa shape index (κ2) is 49.6. The van der Waals surface area contributed by atoms with E-state index in [1.807, 2.05) is 137 Å². The number of esters is 3. The summed E-state index contributed by atoms with van der Waals surface area (Å²) in [4.78, 5) is 130. The number of nitrogens with zero attached hydrogens (tertiary/aromatic N) is 12. The maximum Gasteiger partial charge on any atom is 0.338 e. The van der Waals surface area contributed by atoms with Gasteiger partial charge in [0.2, 0.25) is 23.6 Å². The molecule has 30 heteroatoms. The number of likely N-dealkylation sites (tertiary alicyclic amines) is 1. The maximum atomic E-state index is 12.7. The van der Waals surface area contributed by atoms with Crippen LogP contribution in [-0.4, -0.2) is 243 Å². The molecule has 0 aromatic carbocycles. The van der Waals surface area contributed by atoms with Crippen molar-refractivity contribution in [2.75, 3.05) is 137 Å². The molecule has 3 saturated carbocycles. The smallest absolute Gasteiger partial charge is 0.338 e. The van der Waals surface area contributed by atoms with Gasteiger partial charge in [0, 0.05) is 133 Å². The van der Waals surface area contributed by atoms with Crippen LogP contribution in [0, 0.1) is 23.7 Å². The first-order chi connectivity index (χ1) is 54.9. The number of hydrogen-bond donors (Lipinski definition) is 4. The first-order valence-electron chi connectivity index (χ1n) is 42.3. The Labute approximate surface area is 730 Å². The van der Waals surface area contributed by atoms with E-state index in [1.54, 1.807) is 48.5 Å². The molecule has 5 N–H and O–H groups in total. The third kappa shape index (κ3) is 36.6. The fourth-order valence-corrected chi connectivity index (χ4v) is 14.3. The van der Waals surface area contributed by atoms with Gasteiger partial charge in [0.25, 0.3) is 0 Å². The van der Waals surface area contributed by atoms with E-state index in [2.05, 4.69) is 114 Å². The Morgan fingerprint density at radius 1 is 0.407 bits per heavy atom. The molecule has 11 rings (SSSR count). The van der Waals surface area contributed by atoms with Crippen LogP contribution in [0.2, 0.25) is 0 Å². The standard InChI is InChI=1S/C22H34N4O3.C18H26BrN3O3.C18H26N4O3.C10H11Br2NO2.C9H17NO.C6H15N.C4H9N.CH4/c1-15(2)20(27)26-11-9-25(10-12-26)19-14-16(21(28)29-22(3,4)5)13-18(24-19)23-17-7-6-8-17;1-12(2)16(23)22-8-6-21(7-9-22)15-11-13(10-14(19)20-15)17(24)25-18(3,4)5;1-12(2)17(23)22-8-6-21(7-9-22)16-11-13(18(24)25)10-15(20-16)19-14-4-3-5-14;1-10(2,3)15-9(14)6-4-7(11)13-8(12)5-6;1-8(2)9(11)10-6-4-3-5-7-10;1-4-7(5-2)6-3;5-4-2-1-3-4;/h13-15,17H,6-12H2,1-5H3,(H,23,24);10-12H,6-9H2,1-5H3;10-12,14H,3-9H2,1-2H3,(H,19,20)(H,24,25);4-5H,1-3H3;8H,3-7H2,1-2H3;4-6H2,1-3H3;4H,1-3,5H2;1H4. The molecule has 0 unspecified atom stereocenters. The molecular weight excluding hydrogens is 1700 g/mol. The summed E-state index contributed by atoms with van der Waals surface area (Å²) >= 11 is 9.80. The molecule has 8 heterocycles. The molecule has 0 spiro atoms. The number of anilines is 5. The lowest BCUT2D eigenvalue weighted by atomic mass is 9.93. The van der Waals surface area contributed by atoms with Gasteiger partial charge in [0.15, 0.2) is 0 Å². The van der Waals surface area contributed by atoms with Crippen LogP contribution in [0.5, 0.6) is 0 Å². The van der Waals surface area contributed by atoms with Crippen molar-refractivity contribution in [1.82, 2.24) is 44.4 Å². The number of piperazine rings is 3. The zero-order valence-electron chi connectivity index (χ0n) is 73.7. The molecule has 118 heavy (non-hydrogen) atoms. The number of nitrogens with two attached hydrogens (primary N) is 1. The average Bonchev–Trinajstić information content (AvgIpc) is 0.817. The van der Waals surface area contributed by atoms with Crippen molar-refractivity contribution in [3.63, 3.8) is 0 Å². The Hall–Kier alpha value is -7.28. The molecular formula is C88H142Br3N15O12. The van der Waals surface area contributed by atoms with Crippen LogP contribution in [0.3, 0.4) is 0 Å². The Morgan fingerprint density at radius 3 is 0.924 bits per heavy atom. The molecule has 4 aromatic rings. The number of piperidine rings is 1. The van der Waals surface area contributed by atoms with Crippen molar-refractivity contribution in [2.24, 2.45) is 29.4 Å². The topological polar surface area (TPSA) is 312 Å². The predicted octanol–water partition coefficient (Wildman–Crippen LogP) is 16.2. The second-order valence-corrected chi connectivity index (χ2v) is 37.3. The van der Waals surface area contributed by atoms with Gasteiger partial charge in [-0.2, -0.15) is 0 Å². The molecule has 7 aliphatic rings. The van der Waals surface area contributed by atoms with Gasteiger partial charge in [-0.3, -0.25) is 19.2 Å². The molecule has 4 aromatic heterocycles. The van der Waals surface area contributed by atoms with Gasteiger partial charge < -0.3 is 74.9 Å². The monoisotopic (exact) mass is 1840 g/mol. The molecule has 0 radical (unpaired) electrons. The van der Waals surface area contributed by atoms with Gasteiger partial charge in [-0.05, 0) is 249 Å². The largest absolute Gasteiger partial charge is 0.478 e. The zero-order valence-corrected chi connectivity index (χ0v) is 78.4. The van der Waals surface area contributed by atoms with Crippen LogP contribution in [0.1, 0.15) is 264 Å². The summed E-state index contributed by atoms with van der Waals surface area (Å²) in [5.41, 5.74) is 5.48. The van der Waals surface area contributed by atoms with Crippen LogP contribution < -0.4 is 31.1 Å². The summed E-state index contributed by atoms with van der Waals surface area (Å²) in [6, 6.07) is 14.8. The minimum Gasteiger partial charge on any atom is -0.478 e. The number of halogens is 3. The number of carbonyl (C=O) groups excluding carboxylic acids is 7. The van der Waals surface area contributed by atoms with Crippen molar-refractivity contribution in [3.05, 3.63) is 84.6 Å². The number of carboxylic acids is 1. The first-order valence-corrected chi connectivity index (χ1v) is 44.6. The number of pyridine rings is 4. The van der Waals surface area contributed by atoms with E-state index in [0.717, 1.165) is 44.6 Å². The Balaban J connectivity index is 0.000000306. The molecule has 3 aliphatic carbocycles. The summed E-state index contributed by atoms with van der Waals surface area (Å²) in [5, 5.41) is 16.2. The van der Waals surface area contributed by atoms with Crippen molar-refractivity contribution in [1.29, 1.82) is 0 Å². The molecule has 0 bridgehead atoms. The molecule has 662 valence electrons. The highest BCUT2D eigenvalue weighted by molar-refractivity contribution is 9.11. The Bertz CT molecular complexity index is 3800. The minimum atomic E-state index is -0.950. The van der Waals surface area contributed by atoms with E-state index in [0.29, 0.717) is 156 Å². The maximum absolute atomic E-state index is 12.7. The van der Waals surface area contributed by atoms with Gasteiger partial charge in [0.05, 0.1) is 22.3 Å². The van der Waals surface area contributed by atoms with Crippen LogP contribution in [0.25, 0.3) is 0 Å². The lowest BCUT2D eigenvalue weighted by Gasteiger charge is -2.36. The van der Waals surface area contributed by atoms with E-state index in [1.165, 1.54) is 71.0 Å². The lowest BCUT2D eigenvalue weighted by Crippen LogP contribution is -2.50. The van der Waals surface area contributed by atoms with Crippen molar-refractivity contribution < 1.29 is 57.7 Å². The number of rotatable bonds is 18. The first kappa shape index (κ1) is 103. The zero-order chi connectivity index (χ0) is 87.2. The fourth-order valence-electron chi connectivity index (χ4n) is 12.8. The van der Waals surface area contributed by atoms with E-state index in [9.17, 15) is 43.5 Å². The molecule has 4 aliphatic heterocycles. The van der Waals surface area contributed by atoms with E-state index in [4.69, 9.17) is 24.9 Å². The van der Waals surface area contributed by atoms with Gasteiger partial charge in [0.1, 0.15) is 59.7 Å². The third-order valence-electron chi connectivity index (χ3n) is 20.1. The number of carboxylic acid groups (broad SMARTS) is 1. The lowest BCUT2D eigenvalue weighted by molar-refractivity contribution is -0.135. The molecule has 0 atom stereocenters. The summed E-state index contributed by atoms with van der Waals surface area (Å²) in [6.07, 6.45) is 14.5. The number of ether oxygens (including phenoxy) is 3. The van der Waals surface area contributed by atoms with Crippen molar-refractivity contribution in [2.45, 2.75) is 258 Å². The number of aromatic carboxylic acids is 1. The third-order valence-corrected chi connectivity index (χ3v) is 21.3. The van der Waals surface area contributed by atoms with E-state index in [-0.39, 0.29) is 72.3 Å². The van der Waals surface area contributed by atoms with Crippen molar-refractivity contribution in [3.8, 4) is 0 Å². The van der Waals surface area contributed by atoms with Crippen LogP contribution in [-0.2, 0) is 33.4 Å². The summed E-state index contributed by atoms with van der Waals surface area (Å²) in [5.74, 6) is 2.50. The number of aromatic nitrogens is 4. The Morgan fingerprint density at radius 2 is 0.669 bits per heavy atom. The van der Waals surface area contributed by atoms with Crippen LogP contribution in [0.4, 0.5) is 29.1 Å². The highest BCUT2D eigenvalue weighted by Gasteiger charge is 2.31. The SMILES string of the molecule is C.CC(C)(C)OC(=O)c1cc(Br)nc(Br)c1.CC(C)C(=O)N1CCCCC1.CC(C)C(=O)N1CCN(c2cc(C(=O)O)cc(NC3CCC3)n2)CC1.CC(C)C(=O)N1CCN(c2cc(C(=O)OC(C)(C)C)cc(Br)n2)CC1.CC(C)C(=O)N1CCN(c2cc(C(=O)OC(C)(C)C)cc(NC3CCC3)n2)CC1.CCN(CC)CC.NC1CCC1. The van der Waals surface area contributed by atoms with Gasteiger partial charge >= 0.3 is 23.9 Å². The number of hydrogen-bond acceptors (Lipinski definition) is 22. The van der Waals surface area contributed by atoms with E-state index >= 15 is 0 Å². The molecule has 27 nitrogen and oxygen atoms in total. The number of amides is 4. The predicted molar refractivity (Wildman–Crippen MR) is 483 cm³/mol. The molecule has 7 fully saturated rings. The second-order valence-electron chi connectivity index (χ2n) is 34.8. The fraction of sp³-hybridized carbons (Fsp3) is 0.682. The molecule has 4 amide bonds. The quantitative estimate of drug-likeness (QED) is 0.0408. The summed E-state index contributed by atoms with van der Waals surface area (Å²) < 4.78 is 18.0. The number of nitrogens with one attached hydrogen (secondary N) is 2. The average molecular weight is 1840 g/mol. The van der Waals surface area contributed by atoms with E-state index < -0.39 is 22.8 Å². The van der Waals surface area contributed by atoms with Crippen LogP contribution >= 0.6 is 47.8 Å². The Kier molecular flexibility index (Phi) is 43.3. The van der Waals surface area contributed by atoms with Gasteiger partial charge in [-0.1, -0.05) is 90.0 Å². The normalized spacial score (nSPS) is 16.4. The highest BCUT2D eigenvalue weighted by Crippen LogP contribution is 2.30. The summed E-state index contributed by atoms with van der Waals surface area (Å²) in [6.45, 7) is 52.2. The summed E-state index contributed by atoms with van der Waals surface area (Å²) in [7, 11) is 0. The van der Waals surface area contributed by atoms with Crippen molar-refractivity contribution >= 4 is 124 Å². The minimum absolute atomic E-state index is 0. The molecule has 4 saturated heterocycles.